The lowest BCUT2D eigenvalue weighted by Crippen LogP contribution is -2.58. The molecule has 3 heterocycles. The molecule has 1 aromatic heterocycles. The number of alkyl carbamates (subject to hydrolysis) is 1. The fraction of sp³-hybridized carbons (Fsp3) is 0.447. The molecule has 3 aromatic rings. The standard InChI is InChI=1S/C38H45N5O8S/c1-3-5-15-31-35(45)43-24-28(51-34-30-21-25(16-17-26(30)18-19-39-34)12-8-7-11-20-50-37(47)40-31)22-32(43)33(44)41-38(23-27(38)4-2)36(46)42-52(48,49)29-13-9-6-10-14-29/h4,6,9-10,13-14,16-19,21,27-28,31-32H,2-3,5,7-8,11-12,15,20,22-24H2,1H3,(H,40,47)(H,41,44)(H,42,46)/t27-,28-,31+,32+,38-/m1/s1. The second-order valence-electron chi connectivity index (χ2n) is 13.7. The maximum Gasteiger partial charge on any atom is 0.407 e. The Hall–Kier alpha value is -4.98. The molecule has 3 N–H and O–H groups in total. The summed E-state index contributed by atoms with van der Waals surface area (Å²) in [6, 6.07) is 13.4. The van der Waals surface area contributed by atoms with Gasteiger partial charge in [-0.3, -0.25) is 14.4 Å². The maximum atomic E-state index is 14.3. The number of hydrogen-bond acceptors (Lipinski definition) is 9. The second-order valence-corrected chi connectivity index (χ2v) is 15.4. The number of unbranched alkanes of at least 4 members (excludes halogenated alkanes) is 1. The zero-order valence-corrected chi connectivity index (χ0v) is 30.0. The van der Waals surface area contributed by atoms with Crippen LogP contribution in [0, 0.1) is 5.92 Å². The minimum absolute atomic E-state index is 0.000497. The van der Waals surface area contributed by atoms with Crippen LogP contribution in [0.4, 0.5) is 4.79 Å². The summed E-state index contributed by atoms with van der Waals surface area (Å²) < 4.78 is 40.2. The highest BCUT2D eigenvalue weighted by Crippen LogP contribution is 2.45. The highest BCUT2D eigenvalue weighted by molar-refractivity contribution is 7.90. The highest BCUT2D eigenvalue weighted by atomic mass is 32.2. The molecule has 0 unspecified atom stereocenters. The summed E-state index contributed by atoms with van der Waals surface area (Å²) in [6.45, 7) is 5.95. The first-order valence-electron chi connectivity index (χ1n) is 17.9. The summed E-state index contributed by atoms with van der Waals surface area (Å²) in [5, 5.41) is 7.26. The average molecular weight is 732 g/mol. The van der Waals surface area contributed by atoms with Gasteiger partial charge in [0.1, 0.15) is 23.7 Å². The van der Waals surface area contributed by atoms with Crippen molar-refractivity contribution in [1.82, 2.24) is 25.2 Å². The normalized spacial score (nSPS) is 25.2. The molecular formula is C38H45N5O8S. The Morgan fingerprint density at radius 1 is 1.12 bits per heavy atom. The van der Waals surface area contributed by atoms with Crippen molar-refractivity contribution in [2.75, 3.05) is 13.2 Å². The van der Waals surface area contributed by atoms with E-state index < -0.39 is 63.5 Å². The lowest BCUT2D eigenvalue weighted by Gasteiger charge is -2.29. The predicted molar refractivity (Wildman–Crippen MR) is 193 cm³/mol. The van der Waals surface area contributed by atoms with Crippen LogP contribution in [-0.2, 0) is 35.6 Å². The van der Waals surface area contributed by atoms with Gasteiger partial charge in [-0.2, -0.15) is 0 Å². The molecule has 4 amide bonds. The van der Waals surface area contributed by atoms with Crippen LogP contribution in [0.25, 0.3) is 10.8 Å². The van der Waals surface area contributed by atoms with Gasteiger partial charge in [0, 0.05) is 23.9 Å². The summed E-state index contributed by atoms with van der Waals surface area (Å²) in [4.78, 5) is 60.9. The smallest absolute Gasteiger partial charge is 0.407 e. The number of fused-ring (bicyclic) bond motifs is 3. The van der Waals surface area contributed by atoms with Crippen molar-refractivity contribution in [3.63, 3.8) is 0 Å². The van der Waals surface area contributed by atoms with Crippen LogP contribution >= 0.6 is 0 Å². The van der Waals surface area contributed by atoms with Crippen LogP contribution < -0.4 is 20.1 Å². The Morgan fingerprint density at radius 3 is 2.67 bits per heavy atom. The number of cyclic esters (lactones) is 1. The van der Waals surface area contributed by atoms with E-state index in [1.807, 2.05) is 25.1 Å². The van der Waals surface area contributed by atoms with Crippen LogP contribution in [0.3, 0.4) is 0 Å². The van der Waals surface area contributed by atoms with Crippen molar-refractivity contribution in [3.8, 4) is 5.88 Å². The van der Waals surface area contributed by atoms with Gasteiger partial charge in [0.15, 0.2) is 0 Å². The van der Waals surface area contributed by atoms with E-state index in [4.69, 9.17) is 9.47 Å². The summed E-state index contributed by atoms with van der Waals surface area (Å²) >= 11 is 0. The maximum absolute atomic E-state index is 14.3. The first-order valence-corrected chi connectivity index (χ1v) is 19.4. The first-order chi connectivity index (χ1) is 25.0. The summed E-state index contributed by atoms with van der Waals surface area (Å²) in [5.74, 6) is -2.24. The van der Waals surface area contributed by atoms with Gasteiger partial charge in [-0.05, 0) is 73.7 Å². The predicted octanol–water partition coefficient (Wildman–Crippen LogP) is 4.16. The van der Waals surface area contributed by atoms with Crippen LogP contribution in [0.2, 0.25) is 0 Å². The van der Waals surface area contributed by atoms with Gasteiger partial charge in [-0.1, -0.05) is 56.2 Å². The van der Waals surface area contributed by atoms with Crippen LogP contribution in [0.1, 0.15) is 63.9 Å². The topological polar surface area (TPSA) is 173 Å². The van der Waals surface area contributed by atoms with E-state index in [0.29, 0.717) is 25.1 Å². The number of aryl methyl sites for hydroxylation is 1. The number of nitrogens with zero attached hydrogens (tertiary/aromatic N) is 2. The van der Waals surface area contributed by atoms with Crippen molar-refractivity contribution < 1.29 is 37.1 Å². The van der Waals surface area contributed by atoms with E-state index in [9.17, 15) is 27.6 Å². The number of carbonyl (C=O) groups excluding carboxylic acids is 4. The first kappa shape index (κ1) is 36.8. The fourth-order valence-electron chi connectivity index (χ4n) is 7.00. The van der Waals surface area contributed by atoms with Gasteiger partial charge in [-0.25, -0.2) is 22.9 Å². The number of sulfonamides is 1. The lowest BCUT2D eigenvalue weighted by atomic mass is 10.0. The quantitative estimate of drug-likeness (QED) is 0.273. The molecule has 2 aliphatic heterocycles. The molecule has 2 fully saturated rings. The Balaban J connectivity index is 1.30. The lowest BCUT2D eigenvalue weighted by molar-refractivity contribution is -0.141. The number of hydrogen-bond donors (Lipinski definition) is 3. The molecular weight excluding hydrogens is 687 g/mol. The van der Waals surface area contributed by atoms with Crippen LogP contribution in [-0.4, -0.2) is 79.0 Å². The molecule has 0 spiro atoms. The monoisotopic (exact) mass is 731 g/mol. The average Bonchev–Trinajstić information content (AvgIpc) is 3.70. The van der Waals surface area contributed by atoms with Crippen molar-refractivity contribution in [1.29, 1.82) is 0 Å². The van der Waals surface area contributed by atoms with Gasteiger partial charge in [0.2, 0.25) is 17.7 Å². The third kappa shape index (κ3) is 8.06. The summed E-state index contributed by atoms with van der Waals surface area (Å²) in [6.07, 6.45) is 6.85. The molecule has 2 aromatic carbocycles. The molecule has 5 atom stereocenters. The van der Waals surface area contributed by atoms with Crippen molar-refractivity contribution >= 4 is 44.6 Å². The molecule has 14 heteroatoms. The number of pyridine rings is 1. The third-order valence-corrected chi connectivity index (χ3v) is 11.4. The Bertz CT molecular complexity index is 1940. The van der Waals surface area contributed by atoms with Gasteiger partial charge in [-0.15, -0.1) is 6.58 Å². The van der Waals surface area contributed by atoms with Crippen LogP contribution in [0.5, 0.6) is 5.88 Å². The number of aromatic nitrogens is 1. The van der Waals surface area contributed by atoms with E-state index in [1.54, 1.807) is 12.3 Å². The number of ether oxygens (including phenoxy) is 2. The molecule has 1 saturated carbocycles. The highest BCUT2D eigenvalue weighted by Gasteiger charge is 2.61. The van der Waals surface area contributed by atoms with E-state index in [0.717, 1.165) is 42.0 Å². The van der Waals surface area contributed by atoms with Gasteiger partial charge < -0.3 is 25.0 Å². The molecule has 3 aliphatic rings. The molecule has 276 valence electrons. The zero-order valence-electron chi connectivity index (χ0n) is 29.2. The summed E-state index contributed by atoms with van der Waals surface area (Å²) in [5.41, 5.74) is -0.499. The van der Waals surface area contributed by atoms with E-state index >= 15 is 0 Å². The molecule has 52 heavy (non-hydrogen) atoms. The van der Waals surface area contributed by atoms with Gasteiger partial charge >= 0.3 is 6.09 Å². The van der Waals surface area contributed by atoms with Gasteiger partial charge in [0.25, 0.3) is 15.9 Å². The molecule has 4 bridgehead atoms. The number of rotatable bonds is 9. The second kappa shape index (κ2) is 15.7. The molecule has 0 radical (unpaired) electrons. The van der Waals surface area contributed by atoms with E-state index in [2.05, 4.69) is 33.0 Å². The summed E-state index contributed by atoms with van der Waals surface area (Å²) in [7, 11) is -4.24. The molecule has 6 rings (SSSR count). The number of amides is 4. The molecule has 1 aliphatic carbocycles. The Labute approximate surface area is 303 Å². The number of carbonyl (C=O) groups is 4. The minimum atomic E-state index is -4.24. The van der Waals surface area contributed by atoms with E-state index in [1.165, 1.54) is 35.2 Å². The minimum Gasteiger partial charge on any atom is -0.472 e. The molecule has 1 saturated heterocycles. The number of benzene rings is 2. The molecule has 13 nitrogen and oxygen atoms in total. The van der Waals surface area contributed by atoms with Gasteiger partial charge in [0.05, 0.1) is 18.0 Å². The number of nitrogens with one attached hydrogen (secondary N) is 3. The Kier molecular flexibility index (Phi) is 11.1. The van der Waals surface area contributed by atoms with Crippen molar-refractivity contribution in [2.45, 2.75) is 93.3 Å². The van der Waals surface area contributed by atoms with Crippen molar-refractivity contribution in [3.05, 3.63) is 79.0 Å². The van der Waals surface area contributed by atoms with Crippen molar-refractivity contribution in [2.24, 2.45) is 5.92 Å². The SMILES string of the molecule is C=C[C@@H]1C[C@]1(NC(=O)[C@@H]1C[C@@H]2CN1C(=O)[C@H](CCCC)NC(=O)OCCCCCc1ccc3ccnc(c3c1)O2)C(=O)NS(=O)(=O)c1ccccc1. The Morgan fingerprint density at radius 2 is 1.92 bits per heavy atom. The zero-order chi connectivity index (χ0) is 36.9. The fourth-order valence-corrected chi connectivity index (χ4v) is 8.06. The van der Waals surface area contributed by atoms with Crippen LogP contribution in [0.15, 0.2) is 78.3 Å². The third-order valence-electron chi connectivity index (χ3n) is 10.0. The largest absolute Gasteiger partial charge is 0.472 e. The van der Waals surface area contributed by atoms with E-state index in [-0.39, 0.29) is 30.9 Å².